The molecule has 0 spiro atoms. The van der Waals surface area contributed by atoms with Crippen molar-refractivity contribution in [3.8, 4) is 50.8 Å². The van der Waals surface area contributed by atoms with Gasteiger partial charge in [0, 0.05) is 33.8 Å². The van der Waals surface area contributed by atoms with E-state index in [4.69, 9.17) is 30.9 Å². The molecule has 0 atom stereocenters. The molecule has 0 bridgehead atoms. The summed E-state index contributed by atoms with van der Waals surface area (Å²) in [6.45, 7) is 0. The molecule has 0 unspecified atom stereocenters. The summed E-state index contributed by atoms with van der Waals surface area (Å²) >= 11 is 0. The molecule has 0 saturated carbocycles. The molecule has 0 N–H and O–H groups in total. The fourth-order valence-electron chi connectivity index (χ4n) is 14.3. The summed E-state index contributed by atoms with van der Waals surface area (Å²) in [5.74, 6) is 0. The van der Waals surface area contributed by atoms with E-state index >= 15 is 0 Å². The van der Waals surface area contributed by atoms with E-state index in [1.54, 1.807) is 0 Å². The van der Waals surface area contributed by atoms with Crippen LogP contribution in [0.25, 0.3) is 50.8 Å². The summed E-state index contributed by atoms with van der Waals surface area (Å²) in [6, 6.07) is 114. The third kappa shape index (κ3) is 9.51. The average molecular weight is 1280 g/mol. The zero-order valence-electron chi connectivity index (χ0n) is 53.1. The first kappa shape index (κ1) is 56.6. The van der Waals surface area contributed by atoms with Crippen molar-refractivity contribution in [3.05, 3.63) is 346 Å². The third-order valence-corrected chi connectivity index (χ3v) is 18.6. The Bertz CT molecular complexity index is 5020. The van der Waals surface area contributed by atoms with Crippen molar-refractivity contribution in [2.24, 2.45) is 0 Å². The minimum atomic E-state index is 0.636. The highest BCUT2D eigenvalue weighted by molar-refractivity contribution is 6.06. The van der Waals surface area contributed by atoms with E-state index in [-0.39, 0.29) is 0 Å². The Morgan fingerprint density at radius 3 is 0.525 bits per heavy atom. The van der Waals surface area contributed by atoms with Crippen LogP contribution in [0.4, 0.5) is 102 Å². The molecule has 0 radical (unpaired) electrons. The Morgan fingerprint density at radius 1 is 0.162 bits per heavy atom. The topological polar surface area (TPSA) is 112 Å². The van der Waals surface area contributed by atoms with E-state index in [2.05, 4.69) is 339 Å². The van der Waals surface area contributed by atoms with Crippen LogP contribution >= 0.6 is 0 Å². The third-order valence-electron chi connectivity index (χ3n) is 18.6. The molecular weight excluding hydrogens is 1220 g/mol. The standard InChI is InChI=1S/C84H57N15/c1-4-28-61(29-5-1)94-73-40-16-22-46-79(73)97(80-47-23-17-41-74(80)94)70-37-13-10-34-67(70)91-55-64(85-88-91)58-52-59(65-56-92(89-86-65)68-35-11-14-38-71(68)98-81-48-24-18-42-75(81)95(62-30-6-2-7-31-62)76-43-19-25-49-82(76)98)54-60(53-58)66-57-93(90-87-66)69-36-12-15-39-72(69)99-83-50-26-20-44-77(83)96(63-32-8-3-9-33-63)78-45-21-27-51-84(78)99/h1-57H. The van der Waals surface area contributed by atoms with Crippen LogP contribution in [0.1, 0.15) is 0 Å². The molecule has 0 aliphatic carbocycles. The second-order valence-electron chi connectivity index (χ2n) is 24.4. The van der Waals surface area contributed by atoms with Gasteiger partial charge in [-0.05, 0) is 164 Å². The van der Waals surface area contributed by atoms with Crippen molar-refractivity contribution in [2.45, 2.75) is 0 Å². The van der Waals surface area contributed by atoms with Gasteiger partial charge in [0.25, 0.3) is 0 Å². The van der Waals surface area contributed by atoms with Crippen molar-refractivity contribution >= 4 is 102 Å². The summed E-state index contributed by atoms with van der Waals surface area (Å²) in [6.07, 6.45) is 6.00. The second kappa shape index (κ2) is 23.5. The van der Waals surface area contributed by atoms with Gasteiger partial charge in [0.2, 0.25) is 0 Å². The van der Waals surface area contributed by atoms with Crippen molar-refractivity contribution in [1.29, 1.82) is 0 Å². The van der Waals surface area contributed by atoms with E-state index in [1.807, 2.05) is 50.8 Å². The number of benzene rings is 13. The smallest absolute Gasteiger partial charge is 0.113 e. The molecule has 468 valence electrons. The van der Waals surface area contributed by atoms with E-state index in [0.29, 0.717) is 17.1 Å². The zero-order valence-corrected chi connectivity index (χ0v) is 53.1. The number of hydrogen-bond acceptors (Lipinski definition) is 12. The number of para-hydroxylation sites is 21. The number of fused-ring (bicyclic) bond motifs is 6. The van der Waals surface area contributed by atoms with Gasteiger partial charge in [-0.1, -0.05) is 179 Å². The monoisotopic (exact) mass is 1280 g/mol. The van der Waals surface area contributed by atoms with Crippen molar-refractivity contribution in [1.82, 2.24) is 45.0 Å². The van der Waals surface area contributed by atoms with Gasteiger partial charge in [-0.25, -0.2) is 14.0 Å². The van der Waals surface area contributed by atoms with Gasteiger partial charge in [0.05, 0.1) is 121 Å². The van der Waals surface area contributed by atoms with Gasteiger partial charge in [0.15, 0.2) is 0 Å². The molecule has 3 aliphatic rings. The second-order valence-corrected chi connectivity index (χ2v) is 24.4. The molecule has 3 aromatic heterocycles. The summed E-state index contributed by atoms with van der Waals surface area (Å²) in [4.78, 5) is 14.0. The lowest BCUT2D eigenvalue weighted by molar-refractivity contribution is 0.803. The summed E-state index contributed by atoms with van der Waals surface area (Å²) in [5.41, 5.74) is 25.3. The van der Waals surface area contributed by atoms with Crippen LogP contribution in [0, 0.1) is 0 Å². The first-order valence-corrected chi connectivity index (χ1v) is 32.9. The normalized spacial score (nSPS) is 12.7. The quantitative estimate of drug-likeness (QED) is 0.116. The Morgan fingerprint density at radius 2 is 0.323 bits per heavy atom. The Balaban J connectivity index is 0.732. The van der Waals surface area contributed by atoms with Crippen LogP contribution < -0.4 is 29.4 Å². The highest BCUT2D eigenvalue weighted by Crippen LogP contribution is 2.58. The van der Waals surface area contributed by atoms with Gasteiger partial charge < -0.3 is 29.4 Å². The molecule has 19 rings (SSSR count). The van der Waals surface area contributed by atoms with Crippen LogP contribution in [-0.2, 0) is 0 Å². The molecule has 3 aliphatic heterocycles. The SMILES string of the molecule is c1ccc(N2c3ccccc3N(c3ccccc3-n3cc(-c4cc(-c5cn(-c6ccccc6N6c7ccccc7N(c7ccccc7)c7ccccc76)nn5)cc(-c5cn(-c6ccccc6N6c7ccccc7N(c7ccccc7)c7ccccc76)nn5)c4)nn3)c3ccccc32)cc1. The summed E-state index contributed by atoms with van der Waals surface area (Å²) in [7, 11) is 0. The fourth-order valence-corrected chi connectivity index (χ4v) is 14.3. The van der Waals surface area contributed by atoms with Crippen LogP contribution in [0.5, 0.6) is 0 Å². The number of aromatic nitrogens is 9. The lowest BCUT2D eigenvalue weighted by Crippen LogP contribution is -2.24. The molecule has 15 heteroatoms. The Hall–Kier alpha value is -13.9. The van der Waals surface area contributed by atoms with Gasteiger partial charge in [-0.15, -0.1) is 15.3 Å². The van der Waals surface area contributed by atoms with E-state index in [0.717, 1.165) is 136 Å². The minimum Gasteiger partial charge on any atom is -0.306 e. The minimum absolute atomic E-state index is 0.636. The van der Waals surface area contributed by atoms with Crippen LogP contribution in [-0.4, -0.2) is 45.0 Å². The average Bonchev–Trinajstić information content (AvgIpc) is 1.25. The summed E-state index contributed by atoms with van der Waals surface area (Å²) in [5, 5.41) is 29.9. The highest BCUT2D eigenvalue weighted by Gasteiger charge is 2.35. The van der Waals surface area contributed by atoms with E-state index < -0.39 is 0 Å². The van der Waals surface area contributed by atoms with Crippen LogP contribution in [0.2, 0.25) is 0 Å². The maximum atomic E-state index is 5.00. The van der Waals surface area contributed by atoms with E-state index in [1.165, 1.54) is 0 Å². The van der Waals surface area contributed by atoms with Crippen molar-refractivity contribution in [2.75, 3.05) is 29.4 Å². The van der Waals surface area contributed by atoms with Gasteiger partial charge in [0.1, 0.15) is 17.1 Å². The largest absolute Gasteiger partial charge is 0.306 e. The fraction of sp³-hybridized carbons (Fsp3) is 0. The number of hydrogen-bond donors (Lipinski definition) is 0. The molecule has 0 saturated heterocycles. The van der Waals surface area contributed by atoms with Gasteiger partial charge >= 0.3 is 0 Å². The summed E-state index contributed by atoms with van der Waals surface area (Å²) < 4.78 is 5.62. The number of nitrogens with zero attached hydrogens (tertiary/aromatic N) is 15. The van der Waals surface area contributed by atoms with Crippen LogP contribution in [0.15, 0.2) is 346 Å². The predicted molar refractivity (Wildman–Crippen MR) is 396 cm³/mol. The molecule has 0 amide bonds. The number of rotatable bonds is 12. The predicted octanol–water partition coefficient (Wildman–Crippen LogP) is 21.2. The first-order valence-electron chi connectivity index (χ1n) is 32.9. The molecule has 15 nitrogen and oxygen atoms in total. The van der Waals surface area contributed by atoms with E-state index in [9.17, 15) is 0 Å². The van der Waals surface area contributed by atoms with Crippen molar-refractivity contribution < 1.29 is 0 Å². The molecular formula is C84H57N15. The highest BCUT2D eigenvalue weighted by atomic mass is 15.5. The molecule has 6 heterocycles. The van der Waals surface area contributed by atoms with Crippen LogP contribution in [0.3, 0.4) is 0 Å². The molecule has 13 aromatic carbocycles. The van der Waals surface area contributed by atoms with Gasteiger partial charge in [-0.3, -0.25) is 0 Å². The maximum absolute atomic E-state index is 5.00. The Labute approximate surface area is 570 Å². The van der Waals surface area contributed by atoms with Gasteiger partial charge in [-0.2, -0.15) is 0 Å². The molecule has 16 aromatic rings. The van der Waals surface area contributed by atoms with Crippen molar-refractivity contribution in [3.63, 3.8) is 0 Å². The Kier molecular flexibility index (Phi) is 13.4. The first-order chi connectivity index (χ1) is 49.1. The maximum Gasteiger partial charge on any atom is 0.113 e. The lowest BCUT2D eigenvalue weighted by atomic mass is 10.0. The number of anilines is 18. The molecule has 99 heavy (non-hydrogen) atoms. The lowest BCUT2D eigenvalue weighted by Gasteiger charge is -2.40. The zero-order chi connectivity index (χ0) is 65.3. The molecule has 0 fully saturated rings.